The number of hydrogen-bond donors (Lipinski definition) is 0. The number of rotatable bonds is 1. The normalized spacial score (nSPS) is 35.0. The summed E-state index contributed by atoms with van der Waals surface area (Å²) in [5.74, 6) is 0.953. The molecule has 0 radical (unpaired) electrons. The van der Waals surface area contributed by atoms with Gasteiger partial charge < -0.3 is 9.64 Å². The maximum absolute atomic E-state index is 13.4. The first-order chi connectivity index (χ1) is 11.4. The number of benzene rings is 1. The van der Waals surface area contributed by atoms with Gasteiger partial charge in [-0.1, -0.05) is 22.0 Å². The van der Waals surface area contributed by atoms with E-state index in [9.17, 15) is 4.79 Å². The lowest BCUT2D eigenvalue weighted by atomic mass is 9.61. The summed E-state index contributed by atoms with van der Waals surface area (Å²) >= 11 is 3.59. The van der Waals surface area contributed by atoms with Crippen LogP contribution in [0.3, 0.4) is 0 Å². The zero-order valence-corrected chi connectivity index (χ0v) is 16.0. The third-order valence-electron chi connectivity index (χ3n) is 6.41. The van der Waals surface area contributed by atoms with Crippen molar-refractivity contribution in [3.05, 3.63) is 33.8 Å². The molecule has 5 heteroatoms. The van der Waals surface area contributed by atoms with Crippen LogP contribution < -0.4 is 0 Å². The summed E-state index contributed by atoms with van der Waals surface area (Å²) in [6.07, 6.45) is 5.20. The fourth-order valence-electron chi connectivity index (χ4n) is 5.01. The van der Waals surface area contributed by atoms with Crippen molar-refractivity contribution in [2.24, 2.45) is 10.4 Å². The predicted octanol–water partition coefficient (Wildman–Crippen LogP) is 3.67. The molecule has 0 saturated heterocycles. The summed E-state index contributed by atoms with van der Waals surface area (Å²) in [7, 11) is 3.64. The van der Waals surface area contributed by atoms with Crippen molar-refractivity contribution in [2.75, 3.05) is 14.2 Å². The highest BCUT2D eigenvalue weighted by atomic mass is 79.9. The van der Waals surface area contributed by atoms with E-state index in [1.165, 1.54) is 5.56 Å². The highest BCUT2D eigenvalue weighted by Gasteiger charge is 2.65. The second-order valence-corrected chi connectivity index (χ2v) is 8.34. The summed E-state index contributed by atoms with van der Waals surface area (Å²) in [5, 5.41) is 0. The molecule has 2 spiro atoms. The van der Waals surface area contributed by atoms with E-state index in [1.807, 2.05) is 14.0 Å². The summed E-state index contributed by atoms with van der Waals surface area (Å²) in [4.78, 5) is 20.2. The molecule has 3 aliphatic rings. The lowest BCUT2D eigenvalue weighted by molar-refractivity contribution is -0.137. The second-order valence-electron chi connectivity index (χ2n) is 7.43. The van der Waals surface area contributed by atoms with E-state index < -0.39 is 5.54 Å². The summed E-state index contributed by atoms with van der Waals surface area (Å²) < 4.78 is 6.58. The molecule has 1 heterocycles. The predicted molar refractivity (Wildman–Crippen MR) is 97.1 cm³/mol. The summed E-state index contributed by atoms with van der Waals surface area (Å²) in [6, 6.07) is 6.35. The number of fused-ring (bicyclic) bond motifs is 3. The highest BCUT2D eigenvalue weighted by Crippen LogP contribution is 2.62. The van der Waals surface area contributed by atoms with Gasteiger partial charge in [0, 0.05) is 24.0 Å². The van der Waals surface area contributed by atoms with E-state index >= 15 is 0 Å². The minimum atomic E-state index is -0.746. The van der Waals surface area contributed by atoms with E-state index in [0.717, 1.165) is 48.0 Å². The quantitative estimate of drug-likeness (QED) is 0.733. The van der Waals surface area contributed by atoms with Crippen molar-refractivity contribution >= 4 is 27.7 Å². The highest BCUT2D eigenvalue weighted by molar-refractivity contribution is 9.10. The van der Waals surface area contributed by atoms with Crippen molar-refractivity contribution < 1.29 is 9.53 Å². The van der Waals surface area contributed by atoms with E-state index in [-0.39, 0.29) is 11.3 Å². The molecule has 1 fully saturated rings. The largest absolute Gasteiger partial charge is 0.381 e. The van der Waals surface area contributed by atoms with Crippen molar-refractivity contribution in [1.29, 1.82) is 0 Å². The molecule has 1 aromatic carbocycles. The van der Waals surface area contributed by atoms with Gasteiger partial charge in [0.1, 0.15) is 5.84 Å². The maximum atomic E-state index is 13.4. The molecule has 4 rings (SSSR count). The van der Waals surface area contributed by atoms with Crippen LogP contribution >= 0.6 is 15.9 Å². The van der Waals surface area contributed by atoms with E-state index in [0.29, 0.717) is 6.10 Å². The summed E-state index contributed by atoms with van der Waals surface area (Å²) in [5.41, 5.74) is 1.51. The van der Waals surface area contributed by atoms with Gasteiger partial charge in [0.2, 0.25) is 0 Å². The summed E-state index contributed by atoms with van der Waals surface area (Å²) in [6.45, 7) is 1.94. The SMILES string of the molecule is CO[C@H]1CC[C@]2(CC1)Cc1ccc(Br)cc1C21N=C(C)N(C)C1=O. The van der Waals surface area contributed by atoms with Crippen molar-refractivity contribution in [1.82, 2.24) is 4.90 Å². The molecule has 0 bridgehead atoms. The number of halogens is 1. The Morgan fingerprint density at radius 3 is 2.62 bits per heavy atom. The van der Waals surface area contributed by atoms with Crippen LogP contribution in [0.2, 0.25) is 0 Å². The molecule has 128 valence electrons. The number of aliphatic imine (C=N–C) groups is 1. The van der Waals surface area contributed by atoms with Crippen LogP contribution in [0, 0.1) is 5.41 Å². The van der Waals surface area contributed by atoms with Gasteiger partial charge in [0.05, 0.1) is 6.10 Å². The van der Waals surface area contributed by atoms with Crippen LogP contribution in [0.1, 0.15) is 43.7 Å². The Balaban J connectivity index is 1.89. The van der Waals surface area contributed by atoms with E-state index in [4.69, 9.17) is 9.73 Å². The molecular formula is C19H23BrN2O2. The van der Waals surface area contributed by atoms with Crippen LogP contribution in [0.15, 0.2) is 27.7 Å². The second kappa shape index (κ2) is 5.40. The molecule has 1 unspecified atom stereocenters. The van der Waals surface area contributed by atoms with Crippen LogP contribution in [-0.2, 0) is 21.5 Å². The van der Waals surface area contributed by atoms with Crippen molar-refractivity contribution in [2.45, 2.75) is 50.7 Å². The van der Waals surface area contributed by atoms with Gasteiger partial charge in [-0.3, -0.25) is 9.79 Å². The number of ether oxygens (including phenoxy) is 1. The number of hydrogen-bond acceptors (Lipinski definition) is 3. The minimum absolute atomic E-state index is 0.117. The van der Waals surface area contributed by atoms with Crippen molar-refractivity contribution in [3.8, 4) is 0 Å². The average molecular weight is 391 g/mol. The maximum Gasteiger partial charge on any atom is 0.260 e. The molecule has 1 atom stereocenters. The first kappa shape index (κ1) is 16.3. The van der Waals surface area contributed by atoms with Gasteiger partial charge >= 0.3 is 0 Å². The number of likely N-dealkylation sites (N-methyl/N-ethyl adjacent to an activating group) is 1. The molecule has 2 aliphatic carbocycles. The Morgan fingerprint density at radius 2 is 2.04 bits per heavy atom. The number of amidine groups is 1. The number of carbonyl (C=O) groups is 1. The number of nitrogens with zero attached hydrogens (tertiary/aromatic N) is 2. The van der Waals surface area contributed by atoms with Crippen molar-refractivity contribution in [3.63, 3.8) is 0 Å². The molecule has 0 aromatic heterocycles. The van der Waals surface area contributed by atoms with Crippen LogP contribution in [-0.4, -0.2) is 36.9 Å². The first-order valence-electron chi connectivity index (χ1n) is 8.60. The Morgan fingerprint density at radius 1 is 1.33 bits per heavy atom. The molecule has 1 amide bonds. The van der Waals surface area contributed by atoms with E-state index in [2.05, 4.69) is 34.1 Å². The first-order valence-corrected chi connectivity index (χ1v) is 9.39. The molecule has 1 aromatic rings. The number of methoxy groups -OCH3 is 1. The third-order valence-corrected chi connectivity index (χ3v) is 6.90. The molecule has 4 nitrogen and oxygen atoms in total. The fraction of sp³-hybridized carbons (Fsp3) is 0.579. The number of carbonyl (C=O) groups excluding carboxylic acids is 1. The van der Waals surface area contributed by atoms with Gasteiger partial charge in [0.25, 0.3) is 5.91 Å². The smallest absolute Gasteiger partial charge is 0.260 e. The zero-order valence-electron chi connectivity index (χ0n) is 14.4. The Bertz CT molecular complexity index is 737. The Labute approximate surface area is 151 Å². The molecule has 1 saturated carbocycles. The Kier molecular flexibility index (Phi) is 3.66. The van der Waals surface area contributed by atoms with E-state index in [1.54, 1.807) is 12.0 Å². The molecule has 0 N–H and O–H groups in total. The van der Waals surface area contributed by atoms with Gasteiger partial charge in [0.15, 0.2) is 5.54 Å². The van der Waals surface area contributed by atoms with Gasteiger partial charge in [-0.2, -0.15) is 0 Å². The van der Waals surface area contributed by atoms with Crippen LogP contribution in [0.4, 0.5) is 0 Å². The van der Waals surface area contributed by atoms with Gasteiger partial charge in [-0.15, -0.1) is 0 Å². The molecule has 1 aliphatic heterocycles. The van der Waals surface area contributed by atoms with Crippen LogP contribution in [0.5, 0.6) is 0 Å². The molecule has 24 heavy (non-hydrogen) atoms. The average Bonchev–Trinajstić information content (AvgIpc) is 2.97. The van der Waals surface area contributed by atoms with Gasteiger partial charge in [-0.25, -0.2) is 0 Å². The molecular weight excluding hydrogens is 368 g/mol. The fourth-order valence-corrected chi connectivity index (χ4v) is 5.37. The topological polar surface area (TPSA) is 41.9 Å². The monoisotopic (exact) mass is 390 g/mol. The van der Waals surface area contributed by atoms with Gasteiger partial charge in [-0.05, 0) is 62.3 Å². The third kappa shape index (κ3) is 1.94. The Hall–Kier alpha value is -1.20. The zero-order chi connectivity index (χ0) is 17.1. The van der Waals surface area contributed by atoms with Crippen LogP contribution in [0.25, 0.3) is 0 Å². The standard InChI is InChI=1S/C19H23BrN2O2/c1-12-21-19(17(23)22(12)2)16-10-14(20)5-4-13(16)11-18(19)8-6-15(24-3)7-9-18/h4-5,10,15H,6-9,11H2,1-3H3/t15-,18-,19?. The number of amides is 1. The minimum Gasteiger partial charge on any atom is -0.381 e. The lowest BCUT2D eigenvalue weighted by Crippen LogP contribution is -2.51. The lowest BCUT2D eigenvalue weighted by Gasteiger charge is -2.45.